The Morgan fingerprint density at radius 2 is 2.10 bits per heavy atom. The van der Waals surface area contributed by atoms with E-state index in [9.17, 15) is 4.79 Å². The Morgan fingerprint density at radius 3 is 2.76 bits per heavy atom. The van der Waals surface area contributed by atoms with E-state index in [4.69, 9.17) is 16.3 Å². The number of thioether (sulfide) groups is 1. The van der Waals surface area contributed by atoms with Gasteiger partial charge in [0.15, 0.2) is 0 Å². The Morgan fingerprint density at radius 1 is 1.33 bits per heavy atom. The molecular formula is C16H18ClNO2S. The largest absolute Gasteiger partial charge is 0.363 e. The number of hydrogen-bond donors (Lipinski definition) is 0. The number of carbonyl (C=O) groups excluding carboxylic acids is 1. The molecule has 2 heterocycles. The summed E-state index contributed by atoms with van der Waals surface area (Å²) in [5.74, 6) is 1.12. The molecule has 0 atom stereocenters. The Kier molecular flexibility index (Phi) is 4.57. The van der Waals surface area contributed by atoms with Gasteiger partial charge in [-0.1, -0.05) is 29.8 Å². The molecule has 0 aromatic heterocycles. The monoisotopic (exact) mass is 323 g/mol. The lowest BCUT2D eigenvalue weighted by atomic mass is 10.1. The summed E-state index contributed by atoms with van der Waals surface area (Å²) < 4.78 is 5.84. The third kappa shape index (κ3) is 3.44. The van der Waals surface area contributed by atoms with Gasteiger partial charge >= 0.3 is 0 Å². The van der Waals surface area contributed by atoms with Gasteiger partial charge in [0, 0.05) is 42.8 Å². The second kappa shape index (κ2) is 6.42. The zero-order valence-electron chi connectivity index (χ0n) is 11.8. The standard InChI is InChI=1S/C16H18ClNO2S/c17-14-4-2-1-3-13(14)5-6-15(19)18-9-7-16(8-10-18)20-11-12-21-16/h1-6H,7-12H2. The summed E-state index contributed by atoms with van der Waals surface area (Å²) in [5, 5.41) is 0.662. The minimum absolute atomic E-state index is 0.0246. The van der Waals surface area contributed by atoms with E-state index in [-0.39, 0.29) is 10.8 Å². The zero-order chi connectivity index (χ0) is 14.7. The van der Waals surface area contributed by atoms with Crippen molar-refractivity contribution < 1.29 is 9.53 Å². The van der Waals surface area contributed by atoms with Gasteiger partial charge in [0.25, 0.3) is 0 Å². The van der Waals surface area contributed by atoms with Crippen LogP contribution in [0, 0.1) is 0 Å². The predicted molar refractivity (Wildman–Crippen MR) is 87.4 cm³/mol. The third-order valence-electron chi connectivity index (χ3n) is 3.96. The minimum atomic E-state index is -0.0246. The molecule has 0 unspecified atom stereocenters. The van der Waals surface area contributed by atoms with Gasteiger partial charge in [-0.25, -0.2) is 0 Å². The van der Waals surface area contributed by atoms with Crippen LogP contribution in [-0.2, 0) is 9.53 Å². The first-order chi connectivity index (χ1) is 10.2. The van der Waals surface area contributed by atoms with E-state index in [0.29, 0.717) is 5.02 Å². The number of nitrogens with zero attached hydrogens (tertiary/aromatic N) is 1. The number of carbonyl (C=O) groups is 1. The molecule has 0 aliphatic carbocycles. The lowest BCUT2D eigenvalue weighted by molar-refractivity contribution is -0.128. The molecular weight excluding hydrogens is 306 g/mol. The van der Waals surface area contributed by atoms with Gasteiger partial charge in [0.05, 0.1) is 6.61 Å². The predicted octanol–water partition coefficient (Wildman–Crippen LogP) is 3.44. The Labute approximate surface area is 134 Å². The summed E-state index contributed by atoms with van der Waals surface area (Å²) in [6.45, 7) is 2.36. The maximum atomic E-state index is 12.2. The van der Waals surface area contributed by atoms with Crippen molar-refractivity contribution in [1.29, 1.82) is 0 Å². The van der Waals surface area contributed by atoms with Gasteiger partial charge in [-0.3, -0.25) is 4.79 Å². The molecule has 21 heavy (non-hydrogen) atoms. The molecule has 1 amide bonds. The van der Waals surface area contributed by atoms with Crippen LogP contribution in [0.15, 0.2) is 30.3 Å². The SMILES string of the molecule is O=C(C=Cc1ccccc1Cl)N1CCC2(CC1)OCCS2. The fourth-order valence-corrected chi connectivity index (χ4v) is 4.11. The summed E-state index contributed by atoms with van der Waals surface area (Å²) in [5.41, 5.74) is 0.871. The number of rotatable bonds is 2. The summed E-state index contributed by atoms with van der Waals surface area (Å²) in [4.78, 5) is 14.1. The maximum absolute atomic E-state index is 12.2. The van der Waals surface area contributed by atoms with Crippen LogP contribution in [0.5, 0.6) is 0 Å². The Bertz CT molecular complexity index is 545. The van der Waals surface area contributed by atoms with Crippen molar-refractivity contribution in [2.24, 2.45) is 0 Å². The smallest absolute Gasteiger partial charge is 0.246 e. The highest BCUT2D eigenvalue weighted by molar-refractivity contribution is 8.00. The number of benzene rings is 1. The summed E-state index contributed by atoms with van der Waals surface area (Å²) in [6, 6.07) is 7.52. The average molecular weight is 324 g/mol. The molecule has 2 aliphatic rings. The highest BCUT2D eigenvalue weighted by Gasteiger charge is 2.39. The molecule has 0 radical (unpaired) electrons. The molecule has 3 nitrogen and oxygen atoms in total. The van der Waals surface area contributed by atoms with Gasteiger partial charge in [-0.15, -0.1) is 11.8 Å². The van der Waals surface area contributed by atoms with Gasteiger partial charge in [-0.05, 0) is 17.7 Å². The van der Waals surface area contributed by atoms with Crippen LogP contribution in [0.25, 0.3) is 6.08 Å². The normalized spacial score (nSPS) is 21.3. The van der Waals surface area contributed by atoms with Gasteiger partial charge in [0.1, 0.15) is 4.93 Å². The third-order valence-corrected chi connectivity index (χ3v) is 5.73. The molecule has 3 rings (SSSR count). The first-order valence-corrected chi connectivity index (χ1v) is 8.54. The van der Waals surface area contributed by atoms with Crippen molar-refractivity contribution in [3.05, 3.63) is 40.9 Å². The molecule has 112 valence electrons. The van der Waals surface area contributed by atoms with Crippen molar-refractivity contribution in [2.75, 3.05) is 25.4 Å². The summed E-state index contributed by atoms with van der Waals surface area (Å²) >= 11 is 7.98. The molecule has 2 aliphatic heterocycles. The molecule has 1 spiro atoms. The number of hydrogen-bond acceptors (Lipinski definition) is 3. The van der Waals surface area contributed by atoms with E-state index in [2.05, 4.69) is 0 Å². The molecule has 1 aromatic rings. The summed E-state index contributed by atoms with van der Waals surface area (Å²) in [6.07, 6.45) is 5.24. The molecule has 0 bridgehead atoms. The van der Waals surface area contributed by atoms with Crippen molar-refractivity contribution >= 4 is 35.3 Å². The molecule has 1 aromatic carbocycles. The van der Waals surface area contributed by atoms with Crippen molar-refractivity contribution in [2.45, 2.75) is 17.8 Å². The highest BCUT2D eigenvalue weighted by atomic mass is 35.5. The Balaban J connectivity index is 1.58. The second-order valence-corrected chi connectivity index (χ2v) is 7.14. The lowest BCUT2D eigenvalue weighted by Crippen LogP contribution is -2.44. The average Bonchev–Trinajstić information content (AvgIpc) is 2.95. The fourth-order valence-electron chi connectivity index (χ4n) is 2.73. The van der Waals surface area contributed by atoms with Crippen LogP contribution < -0.4 is 0 Å². The van der Waals surface area contributed by atoms with Crippen LogP contribution in [0.2, 0.25) is 5.02 Å². The molecule has 2 saturated heterocycles. The van der Waals surface area contributed by atoms with Crippen LogP contribution in [-0.4, -0.2) is 41.2 Å². The van der Waals surface area contributed by atoms with Crippen LogP contribution >= 0.6 is 23.4 Å². The number of piperidine rings is 1. The van der Waals surface area contributed by atoms with E-state index in [1.54, 1.807) is 12.2 Å². The maximum Gasteiger partial charge on any atom is 0.246 e. The van der Waals surface area contributed by atoms with Gasteiger partial charge in [0.2, 0.25) is 5.91 Å². The summed E-state index contributed by atoms with van der Waals surface area (Å²) in [7, 11) is 0. The highest BCUT2D eigenvalue weighted by Crippen LogP contribution is 2.41. The lowest BCUT2D eigenvalue weighted by Gasteiger charge is -2.37. The van der Waals surface area contributed by atoms with Crippen molar-refractivity contribution in [1.82, 2.24) is 4.90 Å². The molecule has 5 heteroatoms. The Hall–Kier alpha value is -0.970. The second-order valence-electron chi connectivity index (χ2n) is 5.29. The topological polar surface area (TPSA) is 29.5 Å². The number of likely N-dealkylation sites (tertiary alicyclic amines) is 1. The zero-order valence-corrected chi connectivity index (χ0v) is 13.3. The molecule has 2 fully saturated rings. The molecule has 0 saturated carbocycles. The fraction of sp³-hybridized carbons (Fsp3) is 0.438. The van der Waals surface area contributed by atoms with E-state index in [1.807, 2.05) is 40.9 Å². The van der Waals surface area contributed by atoms with E-state index in [1.165, 1.54) is 0 Å². The number of amides is 1. The first-order valence-electron chi connectivity index (χ1n) is 7.18. The van der Waals surface area contributed by atoms with Gasteiger partial charge < -0.3 is 9.64 Å². The van der Waals surface area contributed by atoms with Crippen LogP contribution in [0.1, 0.15) is 18.4 Å². The van der Waals surface area contributed by atoms with E-state index < -0.39 is 0 Å². The number of halogens is 1. The van der Waals surface area contributed by atoms with E-state index >= 15 is 0 Å². The first kappa shape index (κ1) is 14.9. The van der Waals surface area contributed by atoms with Crippen molar-refractivity contribution in [3.8, 4) is 0 Å². The quantitative estimate of drug-likeness (QED) is 0.781. The molecule has 0 N–H and O–H groups in total. The van der Waals surface area contributed by atoms with Crippen LogP contribution in [0.3, 0.4) is 0 Å². The van der Waals surface area contributed by atoms with Gasteiger partial charge in [-0.2, -0.15) is 0 Å². The van der Waals surface area contributed by atoms with Crippen molar-refractivity contribution in [3.63, 3.8) is 0 Å². The van der Waals surface area contributed by atoms with E-state index in [0.717, 1.165) is 43.9 Å². The minimum Gasteiger partial charge on any atom is -0.363 e. The number of ether oxygens (including phenoxy) is 1. The van der Waals surface area contributed by atoms with Crippen LogP contribution in [0.4, 0.5) is 0 Å².